The molecule has 2 heterocycles. The fourth-order valence-corrected chi connectivity index (χ4v) is 3.32. The maximum absolute atomic E-state index is 13.4. The Morgan fingerprint density at radius 2 is 2.15 bits per heavy atom. The molecule has 0 aromatic heterocycles. The molecule has 2 aromatic carbocycles. The van der Waals surface area contributed by atoms with Crippen molar-refractivity contribution < 1.29 is 9.13 Å². The van der Waals surface area contributed by atoms with Gasteiger partial charge < -0.3 is 21.1 Å². The van der Waals surface area contributed by atoms with Gasteiger partial charge in [-0.05, 0) is 43.2 Å². The summed E-state index contributed by atoms with van der Waals surface area (Å²) in [6.07, 6.45) is 3.01. The number of hydrogen-bond acceptors (Lipinski definition) is 5. The Hall–Kier alpha value is -2.59. The zero-order valence-electron chi connectivity index (χ0n) is 14.5. The van der Waals surface area contributed by atoms with Crippen LogP contribution in [-0.2, 0) is 4.74 Å². The van der Waals surface area contributed by atoms with Gasteiger partial charge in [-0.15, -0.1) is 0 Å². The van der Waals surface area contributed by atoms with Crippen LogP contribution in [0.4, 0.5) is 21.5 Å². The highest BCUT2D eigenvalue weighted by atomic mass is 35.5. The predicted octanol–water partition coefficient (Wildman–Crippen LogP) is 3.73. The van der Waals surface area contributed by atoms with Crippen LogP contribution in [0.15, 0.2) is 35.3 Å². The summed E-state index contributed by atoms with van der Waals surface area (Å²) in [5.41, 5.74) is 15.9. The molecule has 138 valence electrons. The number of nitrogen functional groups attached to an aromatic ring is 1. The molecule has 4 rings (SSSR count). The lowest BCUT2D eigenvalue weighted by Crippen LogP contribution is -2.35. The van der Waals surface area contributed by atoms with E-state index < -0.39 is 12.0 Å². The van der Waals surface area contributed by atoms with E-state index in [-0.39, 0.29) is 11.1 Å². The van der Waals surface area contributed by atoms with Crippen molar-refractivity contribution in [2.75, 3.05) is 17.2 Å². The third-order valence-electron chi connectivity index (χ3n) is 4.64. The fraction of sp³-hybridized carbons (Fsp3) is 0.250. The van der Waals surface area contributed by atoms with Crippen LogP contribution in [0.3, 0.4) is 0 Å². The lowest BCUT2D eigenvalue weighted by Gasteiger charge is -2.31. The van der Waals surface area contributed by atoms with E-state index in [9.17, 15) is 4.39 Å². The lowest BCUT2D eigenvalue weighted by molar-refractivity contribution is 0.152. The molecule has 2 aromatic rings. The zero-order valence-corrected chi connectivity index (χ0v) is 15.2. The molecular formula is C20H18ClFN4O. The van der Waals surface area contributed by atoms with E-state index in [1.807, 2.05) is 6.07 Å². The van der Waals surface area contributed by atoms with Crippen molar-refractivity contribution in [1.29, 1.82) is 0 Å². The van der Waals surface area contributed by atoms with Crippen molar-refractivity contribution in [2.24, 2.45) is 10.7 Å². The zero-order chi connectivity index (χ0) is 19.0. The van der Waals surface area contributed by atoms with Gasteiger partial charge in [0.2, 0.25) is 0 Å². The number of rotatable bonds is 1. The number of fused-ring (bicyclic) bond motifs is 1. The van der Waals surface area contributed by atoms with Gasteiger partial charge in [0.25, 0.3) is 0 Å². The molecule has 2 aliphatic rings. The molecule has 0 radical (unpaired) electrons. The molecule has 0 aliphatic carbocycles. The van der Waals surface area contributed by atoms with E-state index >= 15 is 0 Å². The molecule has 1 fully saturated rings. The van der Waals surface area contributed by atoms with Crippen LogP contribution in [0.1, 0.15) is 30.1 Å². The van der Waals surface area contributed by atoms with Crippen molar-refractivity contribution in [3.8, 4) is 11.8 Å². The van der Waals surface area contributed by atoms with Crippen LogP contribution < -0.4 is 16.4 Å². The predicted molar refractivity (Wildman–Crippen MR) is 106 cm³/mol. The molecule has 7 heteroatoms. The third kappa shape index (κ3) is 3.50. The second kappa shape index (κ2) is 7.20. The maximum atomic E-state index is 13.4. The molecule has 27 heavy (non-hydrogen) atoms. The highest BCUT2D eigenvalue weighted by Gasteiger charge is 2.24. The van der Waals surface area contributed by atoms with Gasteiger partial charge in [0, 0.05) is 29.1 Å². The van der Waals surface area contributed by atoms with Gasteiger partial charge in [0.15, 0.2) is 0 Å². The van der Waals surface area contributed by atoms with E-state index in [1.54, 1.807) is 23.4 Å². The van der Waals surface area contributed by atoms with Crippen molar-refractivity contribution in [3.05, 3.63) is 52.3 Å². The molecule has 2 atom stereocenters. The quantitative estimate of drug-likeness (QED) is 0.580. The highest BCUT2D eigenvalue weighted by Crippen LogP contribution is 2.36. The van der Waals surface area contributed by atoms with Crippen LogP contribution in [-0.4, -0.2) is 19.0 Å². The molecule has 5 nitrogen and oxygen atoms in total. The standard InChI is InChI=1S/C20H18ClFN4O/c21-16-9-13(4-6-17(16)22)26-11-25-19-8-12(3-5-14-2-1-7-27-14)18(23)10-15(19)20(26)24/h4,6,8-11,14,20H,1-2,7,23-24H2/t14-,20?/m0/s1. The lowest BCUT2D eigenvalue weighted by atomic mass is 10.0. The summed E-state index contributed by atoms with van der Waals surface area (Å²) in [6, 6.07) is 8.03. The van der Waals surface area contributed by atoms with Gasteiger partial charge in [0.1, 0.15) is 18.1 Å². The molecular weight excluding hydrogens is 367 g/mol. The first kappa shape index (κ1) is 17.8. The van der Waals surface area contributed by atoms with Crippen molar-refractivity contribution in [3.63, 3.8) is 0 Å². The Morgan fingerprint density at radius 3 is 2.89 bits per heavy atom. The van der Waals surface area contributed by atoms with Crippen LogP contribution in [0, 0.1) is 17.7 Å². The minimum absolute atomic E-state index is 0.0261. The average Bonchev–Trinajstić information content (AvgIpc) is 3.17. The Kier molecular flexibility index (Phi) is 4.75. The molecule has 0 bridgehead atoms. The van der Waals surface area contributed by atoms with Gasteiger partial charge in [-0.1, -0.05) is 23.4 Å². The number of hydrogen-bond donors (Lipinski definition) is 2. The molecule has 4 N–H and O–H groups in total. The monoisotopic (exact) mass is 384 g/mol. The van der Waals surface area contributed by atoms with Crippen LogP contribution in [0.2, 0.25) is 5.02 Å². The second-order valence-corrected chi connectivity index (χ2v) is 6.87. The third-order valence-corrected chi connectivity index (χ3v) is 4.93. The minimum atomic E-state index is -0.526. The molecule has 0 spiro atoms. The first-order valence-electron chi connectivity index (χ1n) is 8.62. The highest BCUT2D eigenvalue weighted by molar-refractivity contribution is 6.31. The van der Waals surface area contributed by atoms with Gasteiger partial charge in [-0.25, -0.2) is 9.38 Å². The number of nitrogens with two attached hydrogens (primary N) is 2. The molecule has 0 saturated carbocycles. The SMILES string of the molecule is Nc1cc2c(cc1C#C[C@@H]1CCCO1)N=CN(c1ccc(F)c(Cl)c1)C2N. The first-order valence-corrected chi connectivity index (χ1v) is 9.00. The normalized spacial score (nSPS) is 20.9. The summed E-state index contributed by atoms with van der Waals surface area (Å²) in [7, 11) is 0. The summed E-state index contributed by atoms with van der Waals surface area (Å²) in [5, 5.41) is 0.0261. The summed E-state index contributed by atoms with van der Waals surface area (Å²) in [5.74, 6) is 5.71. The Labute approximate surface area is 161 Å². The first-order chi connectivity index (χ1) is 13.0. The molecule has 1 saturated heterocycles. The van der Waals surface area contributed by atoms with E-state index in [1.165, 1.54) is 12.1 Å². The van der Waals surface area contributed by atoms with Gasteiger partial charge in [-0.2, -0.15) is 0 Å². The second-order valence-electron chi connectivity index (χ2n) is 6.46. The number of halogens is 2. The number of nitrogens with zero attached hydrogens (tertiary/aromatic N) is 2. The summed E-state index contributed by atoms with van der Waals surface area (Å²) in [6.45, 7) is 0.751. The number of benzene rings is 2. The number of ether oxygens (including phenoxy) is 1. The smallest absolute Gasteiger partial charge is 0.141 e. The average molecular weight is 385 g/mol. The van der Waals surface area contributed by atoms with Crippen molar-refractivity contribution in [2.45, 2.75) is 25.1 Å². The topological polar surface area (TPSA) is 76.9 Å². The molecule has 0 amide bonds. The Balaban J connectivity index is 1.65. The van der Waals surface area contributed by atoms with Crippen LogP contribution >= 0.6 is 11.6 Å². The minimum Gasteiger partial charge on any atom is -0.398 e. The Bertz CT molecular complexity index is 976. The Morgan fingerprint density at radius 1 is 1.30 bits per heavy atom. The van der Waals surface area contributed by atoms with Crippen molar-refractivity contribution >= 4 is 35.0 Å². The number of anilines is 2. The molecule has 1 unspecified atom stereocenters. The summed E-state index contributed by atoms with van der Waals surface area (Å²) in [4.78, 5) is 6.18. The summed E-state index contributed by atoms with van der Waals surface area (Å²) < 4.78 is 18.9. The maximum Gasteiger partial charge on any atom is 0.141 e. The summed E-state index contributed by atoms with van der Waals surface area (Å²) >= 11 is 5.88. The van der Waals surface area contributed by atoms with Gasteiger partial charge in [-0.3, -0.25) is 0 Å². The van der Waals surface area contributed by atoms with E-state index in [2.05, 4.69) is 16.8 Å². The van der Waals surface area contributed by atoms with Gasteiger partial charge in [0.05, 0.1) is 17.0 Å². The fourth-order valence-electron chi connectivity index (χ4n) is 3.15. The molecule has 2 aliphatic heterocycles. The van der Waals surface area contributed by atoms with E-state index in [0.29, 0.717) is 22.6 Å². The van der Waals surface area contributed by atoms with Crippen LogP contribution in [0.25, 0.3) is 0 Å². The van der Waals surface area contributed by atoms with Gasteiger partial charge >= 0.3 is 0 Å². The van der Waals surface area contributed by atoms with E-state index in [0.717, 1.165) is 25.0 Å². The van der Waals surface area contributed by atoms with Crippen LogP contribution in [0.5, 0.6) is 0 Å². The van der Waals surface area contributed by atoms with E-state index in [4.69, 9.17) is 27.8 Å². The number of aliphatic imine (C=N–C) groups is 1. The van der Waals surface area contributed by atoms with Crippen molar-refractivity contribution in [1.82, 2.24) is 0 Å². The largest absolute Gasteiger partial charge is 0.398 e.